The summed E-state index contributed by atoms with van der Waals surface area (Å²) in [5, 5.41) is 12.6. The Balaban J connectivity index is 0.704. The Labute approximate surface area is 339 Å². The minimum atomic E-state index is -0.615. The maximum atomic E-state index is 13.4. The van der Waals surface area contributed by atoms with Crippen molar-refractivity contribution in [1.82, 2.24) is 15.1 Å². The van der Waals surface area contributed by atoms with Crippen molar-refractivity contribution >= 4 is 23.4 Å². The van der Waals surface area contributed by atoms with E-state index >= 15 is 0 Å². The molecule has 6 heterocycles. The van der Waals surface area contributed by atoms with Crippen LogP contribution in [0.3, 0.4) is 0 Å². The molecule has 7 aliphatic rings. The number of benzene rings is 4. The SMILES string of the molecule is O=C1CCC(N2Cc3cc4c(cc3C2=O)OCC42CCN(C[C@H]3COC4(C3)CN(c3ccc([C@@H]5c6ccc(O)cc6CC[C@@H]5c5ccccc5)cc3)C4)CC2)C(=O)N1. The van der Waals surface area contributed by atoms with Crippen LogP contribution in [0, 0.1) is 5.92 Å². The van der Waals surface area contributed by atoms with Crippen LogP contribution >= 0.6 is 0 Å². The summed E-state index contributed by atoms with van der Waals surface area (Å²) in [6, 6.07) is 29.5. The number of hydrogen-bond acceptors (Lipinski definition) is 8. The number of likely N-dealkylation sites (tertiary alicyclic amines) is 1. The highest BCUT2D eigenvalue weighted by atomic mass is 16.5. The van der Waals surface area contributed by atoms with Gasteiger partial charge in [-0.05, 0) is 128 Å². The second-order valence-corrected chi connectivity index (χ2v) is 18.2. The van der Waals surface area contributed by atoms with Crippen LogP contribution in [0.15, 0.2) is 84.9 Å². The summed E-state index contributed by atoms with van der Waals surface area (Å²) in [5.74, 6) is 1.48. The van der Waals surface area contributed by atoms with E-state index in [1.54, 1.807) is 4.90 Å². The molecular weight excluding hydrogens is 729 g/mol. The van der Waals surface area contributed by atoms with E-state index in [2.05, 4.69) is 81.8 Å². The molecule has 10 nitrogen and oxygen atoms in total. The molecule has 298 valence electrons. The summed E-state index contributed by atoms with van der Waals surface area (Å²) < 4.78 is 12.9. The first-order valence-corrected chi connectivity index (χ1v) is 21.3. The number of aryl methyl sites for hydroxylation is 1. The van der Waals surface area contributed by atoms with Gasteiger partial charge >= 0.3 is 0 Å². The molecule has 0 bridgehead atoms. The number of phenolic OH excluding ortho intramolecular Hbond substituents is 1. The highest BCUT2D eigenvalue weighted by Crippen LogP contribution is 2.50. The van der Waals surface area contributed by atoms with E-state index in [0.29, 0.717) is 42.7 Å². The first-order valence-electron chi connectivity index (χ1n) is 21.3. The number of amides is 3. The van der Waals surface area contributed by atoms with Gasteiger partial charge in [-0.3, -0.25) is 19.7 Å². The topological polar surface area (TPSA) is 112 Å². The third-order valence-corrected chi connectivity index (χ3v) is 14.7. The Morgan fingerprint density at radius 2 is 1.66 bits per heavy atom. The number of nitrogens with zero attached hydrogens (tertiary/aromatic N) is 3. The van der Waals surface area contributed by atoms with Crippen LogP contribution in [0.25, 0.3) is 0 Å². The van der Waals surface area contributed by atoms with Crippen LogP contribution in [0.5, 0.6) is 11.5 Å². The number of piperidine rings is 2. The van der Waals surface area contributed by atoms with Gasteiger partial charge in [0.2, 0.25) is 11.8 Å². The molecule has 0 aromatic heterocycles. The van der Waals surface area contributed by atoms with Crippen molar-refractivity contribution in [1.29, 1.82) is 0 Å². The molecule has 4 saturated heterocycles. The van der Waals surface area contributed by atoms with Crippen molar-refractivity contribution in [2.24, 2.45) is 5.92 Å². The van der Waals surface area contributed by atoms with Crippen LogP contribution in [0.1, 0.15) is 94.1 Å². The molecule has 0 saturated carbocycles. The lowest BCUT2D eigenvalue weighted by atomic mass is 9.69. The first kappa shape index (κ1) is 35.9. The van der Waals surface area contributed by atoms with E-state index in [1.807, 2.05) is 18.2 Å². The average molecular weight is 779 g/mol. The standard InChI is InChI=1S/C48H50N4O6/c53-36-11-13-38-33(20-36)8-12-37(31-4-2-1-3-5-31)44(38)32-6-9-35(10-7-32)51-27-48(28-51)23-30(26-58-48)24-50-18-16-47(17-19-50)29-57-42-22-39-34(21-40(42)47)25-52(46(39)56)41-14-15-43(54)49-45(41)55/h1-7,9-11,13,20-22,30,37,41,44,53H,8,12,14-19,23-29H2,(H,49,54,55)/t30-,37+,41?,44-/m0/s1. The number of carbonyl (C=O) groups excluding carboxylic acids is 3. The van der Waals surface area contributed by atoms with E-state index in [0.717, 1.165) is 82.7 Å². The van der Waals surface area contributed by atoms with E-state index in [4.69, 9.17) is 9.47 Å². The summed E-state index contributed by atoms with van der Waals surface area (Å²) in [6.07, 6.45) is 5.74. The second kappa shape index (κ2) is 13.7. The van der Waals surface area contributed by atoms with Crippen molar-refractivity contribution in [3.63, 3.8) is 0 Å². The minimum Gasteiger partial charge on any atom is -0.508 e. The molecule has 4 fully saturated rings. The number of imide groups is 1. The normalized spacial score (nSPS) is 26.9. The van der Waals surface area contributed by atoms with Crippen LogP contribution in [-0.2, 0) is 32.7 Å². The molecule has 4 aromatic rings. The van der Waals surface area contributed by atoms with Crippen molar-refractivity contribution in [2.45, 2.75) is 80.4 Å². The van der Waals surface area contributed by atoms with Gasteiger partial charge < -0.3 is 29.3 Å². The highest BCUT2D eigenvalue weighted by molar-refractivity contribution is 6.05. The number of phenols is 1. The lowest BCUT2D eigenvalue weighted by molar-refractivity contribution is -0.136. The van der Waals surface area contributed by atoms with Gasteiger partial charge in [0, 0.05) is 60.7 Å². The fourth-order valence-electron chi connectivity index (χ4n) is 11.6. The van der Waals surface area contributed by atoms with Crippen LogP contribution in [0.2, 0.25) is 0 Å². The summed E-state index contributed by atoms with van der Waals surface area (Å²) >= 11 is 0. The van der Waals surface area contributed by atoms with Crippen molar-refractivity contribution in [2.75, 3.05) is 50.8 Å². The number of nitrogens with one attached hydrogen (secondary N) is 1. The largest absolute Gasteiger partial charge is 0.508 e. The number of fused-ring (bicyclic) bond motifs is 4. The van der Waals surface area contributed by atoms with Gasteiger partial charge in [0.15, 0.2) is 0 Å². The molecule has 2 spiro atoms. The molecule has 1 aliphatic carbocycles. The zero-order valence-corrected chi connectivity index (χ0v) is 32.8. The predicted molar refractivity (Wildman–Crippen MR) is 218 cm³/mol. The maximum Gasteiger partial charge on any atom is 0.255 e. The quantitative estimate of drug-likeness (QED) is 0.228. The van der Waals surface area contributed by atoms with Gasteiger partial charge in [0.1, 0.15) is 23.1 Å². The lowest BCUT2D eigenvalue weighted by Crippen LogP contribution is -2.61. The molecule has 11 rings (SSSR count). The molecule has 4 aromatic carbocycles. The zero-order valence-electron chi connectivity index (χ0n) is 32.8. The minimum absolute atomic E-state index is 0.0603. The third-order valence-electron chi connectivity index (χ3n) is 14.7. The molecule has 4 atom stereocenters. The molecule has 58 heavy (non-hydrogen) atoms. The van der Waals surface area contributed by atoms with Gasteiger partial charge in [-0.2, -0.15) is 0 Å². The molecule has 6 aliphatic heterocycles. The summed E-state index contributed by atoms with van der Waals surface area (Å²) in [4.78, 5) is 44.4. The third kappa shape index (κ3) is 6.01. The first-order chi connectivity index (χ1) is 28.2. The van der Waals surface area contributed by atoms with E-state index in [-0.39, 0.29) is 41.1 Å². The van der Waals surface area contributed by atoms with Crippen molar-refractivity contribution in [3.8, 4) is 11.5 Å². The van der Waals surface area contributed by atoms with E-state index < -0.39 is 6.04 Å². The Hall–Kier alpha value is -5.19. The lowest BCUT2D eigenvalue weighted by Gasteiger charge is -2.49. The summed E-state index contributed by atoms with van der Waals surface area (Å²) in [6.45, 7) is 6.73. The molecule has 3 amide bonds. The number of aromatic hydroxyl groups is 1. The van der Waals surface area contributed by atoms with Gasteiger partial charge in [0.05, 0.1) is 13.2 Å². The van der Waals surface area contributed by atoms with E-state index in [9.17, 15) is 19.5 Å². The number of anilines is 1. The number of carbonyl (C=O) groups is 3. The Kier molecular flexibility index (Phi) is 8.49. The van der Waals surface area contributed by atoms with Gasteiger partial charge in [-0.1, -0.05) is 48.5 Å². The molecule has 2 N–H and O–H groups in total. The van der Waals surface area contributed by atoms with Crippen LogP contribution in [0.4, 0.5) is 5.69 Å². The van der Waals surface area contributed by atoms with Crippen LogP contribution in [-0.4, -0.2) is 90.2 Å². The fourth-order valence-corrected chi connectivity index (χ4v) is 11.6. The molecular formula is C48H50N4O6. The molecule has 1 unspecified atom stereocenters. The number of ether oxygens (including phenoxy) is 2. The van der Waals surface area contributed by atoms with E-state index in [1.165, 1.54) is 33.5 Å². The predicted octanol–water partition coefficient (Wildman–Crippen LogP) is 6.04. The fraction of sp³-hybridized carbons (Fsp3) is 0.438. The Bertz CT molecular complexity index is 2300. The van der Waals surface area contributed by atoms with Crippen LogP contribution < -0.4 is 15.0 Å². The zero-order chi connectivity index (χ0) is 39.2. The van der Waals surface area contributed by atoms with Crippen molar-refractivity contribution in [3.05, 3.63) is 124 Å². The monoisotopic (exact) mass is 778 g/mol. The molecule has 0 radical (unpaired) electrons. The van der Waals surface area contributed by atoms with Crippen molar-refractivity contribution < 1.29 is 29.0 Å². The number of rotatable bonds is 6. The summed E-state index contributed by atoms with van der Waals surface area (Å²) in [7, 11) is 0. The smallest absolute Gasteiger partial charge is 0.255 e. The van der Waals surface area contributed by atoms with Gasteiger partial charge in [-0.25, -0.2) is 0 Å². The highest BCUT2D eigenvalue weighted by Gasteiger charge is 2.51. The summed E-state index contributed by atoms with van der Waals surface area (Å²) in [5.41, 5.74) is 9.16. The van der Waals surface area contributed by atoms with Gasteiger partial charge in [-0.15, -0.1) is 0 Å². The maximum absolute atomic E-state index is 13.4. The average Bonchev–Trinajstić information content (AvgIpc) is 3.91. The van der Waals surface area contributed by atoms with Gasteiger partial charge in [0.25, 0.3) is 5.91 Å². The Morgan fingerprint density at radius 1 is 0.845 bits per heavy atom. The number of hydrogen-bond donors (Lipinski definition) is 2. The second-order valence-electron chi connectivity index (χ2n) is 18.2. The molecule has 10 heteroatoms. The Morgan fingerprint density at radius 3 is 2.45 bits per heavy atom.